The van der Waals surface area contributed by atoms with Gasteiger partial charge < -0.3 is 29.4 Å². The van der Waals surface area contributed by atoms with E-state index in [-0.39, 0.29) is 17.7 Å². The Labute approximate surface area is 222 Å². The number of aromatic nitrogens is 1. The number of carboxylic acids is 1. The van der Waals surface area contributed by atoms with Crippen LogP contribution >= 0.6 is 11.3 Å². The fourth-order valence-electron chi connectivity index (χ4n) is 4.86. The molecule has 2 aromatic heterocycles. The molecule has 8 nitrogen and oxygen atoms in total. The Hall–Kier alpha value is -2.88. The number of thiophene rings is 1. The Balaban J connectivity index is 0.000000480. The molecule has 2 aromatic rings. The van der Waals surface area contributed by atoms with Crippen molar-refractivity contribution in [2.24, 2.45) is 5.92 Å². The lowest BCUT2D eigenvalue weighted by Crippen LogP contribution is -2.42. The minimum absolute atomic E-state index is 0.0605. The van der Waals surface area contributed by atoms with Crippen LogP contribution in [0.5, 0.6) is 0 Å². The van der Waals surface area contributed by atoms with E-state index in [0.717, 1.165) is 22.6 Å². The highest BCUT2D eigenvalue weighted by atomic mass is 32.1. The van der Waals surface area contributed by atoms with E-state index < -0.39 is 5.97 Å². The Morgan fingerprint density at radius 3 is 2.46 bits per heavy atom. The van der Waals surface area contributed by atoms with Gasteiger partial charge in [0.05, 0.1) is 25.9 Å². The van der Waals surface area contributed by atoms with Crippen LogP contribution in [0, 0.1) is 5.92 Å². The van der Waals surface area contributed by atoms with Crippen LogP contribution in [0.25, 0.3) is 10.4 Å². The predicted molar refractivity (Wildman–Crippen MR) is 145 cm³/mol. The molecule has 9 heteroatoms. The number of fused-ring (bicyclic) bond motifs is 3. The average molecular weight is 528 g/mol. The minimum Gasteiger partial charge on any atom is -0.496 e. The van der Waals surface area contributed by atoms with Gasteiger partial charge in [-0.1, -0.05) is 12.1 Å². The summed E-state index contributed by atoms with van der Waals surface area (Å²) in [5.41, 5.74) is 3.04. The number of nitrogens with zero attached hydrogens (tertiary/aromatic N) is 2. The first-order valence-corrected chi connectivity index (χ1v) is 13.6. The predicted octanol–water partition coefficient (Wildman–Crippen LogP) is 4.35. The quantitative estimate of drug-likeness (QED) is 0.614. The van der Waals surface area contributed by atoms with Gasteiger partial charge >= 0.3 is 5.97 Å². The van der Waals surface area contributed by atoms with Crippen LogP contribution in [0.2, 0.25) is 0 Å². The summed E-state index contributed by atoms with van der Waals surface area (Å²) < 4.78 is 12.9. The largest absolute Gasteiger partial charge is 0.496 e. The first-order valence-electron chi connectivity index (χ1n) is 12.7. The average Bonchev–Trinajstić information content (AvgIpc) is 3.56. The second-order valence-electron chi connectivity index (χ2n) is 10.5. The molecule has 0 aromatic carbocycles. The number of aromatic carboxylic acids is 1. The van der Waals surface area contributed by atoms with Gasteiger partial charge in [-0.3, -0.25) is 4.79 Å². The zero-order chi connectivity index (χ0) is 26.7. The van der Waals surface area contributed by atoms with E-state index in [1.807, 2.05) is 41.3 Å². The number of carbonyl (C=O) groups is 2. The molecule has 2 unspecified atom stereocenters. The molecule has 2 aliphatic heterocycles. The maximum absolute atomic E-state index is 13.3. The highest BCUT2D eigenvalue weighted by Gasteiger charge is 2.38. The van der Waals surface area contributed by atoms with Gasteiger partial charge in [-0.15, -0.1) is 11.3 Å². The maximum Gasteiger partial charge on any atom is 0.352 e. The Morgan fingerprint density at radius 2 is 1.89 bits per heavy atom. The Morgan fingerprint density at radius 1 is 1.19 bits per heavy atom. The number of rotatable bonds is 4. The number of ether oxygens (including phenoxy) is 2. The molecule has 2 atom stereocenters. The van der Waals surface area contributed by atoms with E-state index in [2.05, 4.69) is 26.1 Å². The van der Waals surface area contributed by atoms with Gasteiger partial charge in [-0.05, 0) is 63.7 Å². The van der Waals surface area contributed by atoms with E-state index >= 15 is 0 Å². The van der Waals surface area contributed by atoms with Crippen molar-refractivity contribution in [3.8, 4) is 10.4 Å². The number of hydrogen-bond acceptors (Lipinski definition) is 6. The van der Waals surface area contributed by atoms with Crippen molar-refractivity contribution in [1.29, 1.82) is 0 Å². The molecule has 0 radical (unpaired) electrons. The third-order valence-corrected chi connectivity index (χ3v) is 7.99. The molecule has 1 amide bonds. The van der Waals surface area contributed by atoms with E-state index in [0.29, 0.717) is 55.4 Å². The Kier molecular flexibility index (Phi) is 8.26. The fraction of sp³-hybridized carbons (Fsp3) is 0.500. The van der Waals surface area contributed by atoms with Crippen LogP contribution in [0.3, 0.4) is 0 Å². The second kappa shape index (κ2) is 11.2. The lowest BCUT2D eigenvalue weighted by molar-refractivity contribution is -0.131. The van der Waals surface area contributed by atoms with Crippen molar-refractivity contribution < 1.29 is 24.2 Å². The summed E-state index contributed by atoms with van der Waals surface area (Å²) in [4.78, 5) is 28.1. The lowest BCUT2D eigenvalue weighted by Gasteiger charge is -2.36. The highest BCUT2D eigenvalue weighted by molar-refractivity contribution is 7.13. The van der Waals surface area contributed by atoms with Crippen molar-refractivity contribution in [3.05, 3.63) is 58.5 Å². The van der Waals surface area contributed by atoms with Crippen LogP contribution in [-0.4, -0.2) is 72.4 Å². The van der Waals surface area contributed by atoms with Gasteiger partial charge in [0.25, 0.3) is 5.91 Å². The molecule has 1 saturated heterocycles. The fourth-order valence-corrected chi connectivity index (χ4v) is 5.61. The summed E-state index contributed by atoms with van der Waals surface area (Å²) in [7, 11) is 3.55. The maximum atomic E-state index is 13.3. The van der Waals surface area contributed by atoms with E-state index in [9.17, 15) is 14.7 Å². The minimum atomic E-state index is -0.931. The van der Waals surface area contributed by atoms with Crippen molar-refractivity contribution in [2.45, 2.75) is 45.2 Å². The van der Waals surface area contributed by atoms with Gasteiger partial charge in [0.15, 0.2) is 0 Å². The van der Waals surface area contributed by atoms with Gasteiger partial charge in [-0.25, -0.2) is 4.79 Å². The first-order chi connectivity index (χ1) is 17.6. The molecular weight excluding hydrogens is 490 g/mol. The number of amides is 1. The van der Waals surface area contributed by atoms with Crippen molar-refractivity contribution in [2.75, 3.05) is 40.5 Å². The Bertz CT molecular complexity index is 1180. The van der Waals surface area contributed by atoms with E-state index in [1.54, 1.807) is 29.4 Å². The molecule has 5 rings (SSSR count). The monoisotopic (exact) mass is 527 g/mol. The summed E-state index contributed by atoms with van der Waals surface area (Å²) in [6.07, 6.45) is 4.83. The van der Waals surface area contributed by atoms with E-state index in [4.69, 9.17) is 9.47 Å². The zero-order valence-corrected chi connectivity index (χ0v) is 23.1. The molecule has 1 fully saturated rings. The normalized spacial score (nSPS) is 21.1. The van der Waals surface area contributed by atoms with Crippen molar-refractivity contribution in [3.63, 3.8) is 0 Å². The van der Waals surface area contributed by atoms with Crippen LogP contribution in [0.4, 0.5) is 0 Å². The van der Waals surface area contributed by atoms with Crippen LogP contribution in [-0.2, 0) is 20.8 Å². The summed E-state index contributed by atoms with van der Waals surface area (Å²) in [5, 5.41) is 14.9. The molecule has 37 heavy (non-hydrogen) atoms. The molecular formula is C28H37N3O5S. The van der Waals surface area contributed by atoms with Crippen LogP contribution in [0.1, 0.15) is 49.3 Å². The number of allylic oxidation sites excluding steroid dienone is 2. The first kappa shape index (κ1) is 27.2. The lowest BCUT2D eigenvalue weighted by atomic mass is 9.77. The second-order valence-corrected chi connectivity index (χ2v) is 11.4. The molecule has 3 aliphatic rings. The van der Waals surface area contributed by atoms with E-state index in [1.165, 1.54) is 0 Å². The summed E-state index contributed by atoms with van der Waals surface area (Å²) in [5.74, 6) is -0.319. The smallest absolute Gasteiger partial charge is 0.352 e. The standard InChI is InChI=1S/C23H24N2O5S.C5H13N/c1-29-19-11-14-4-5-25-18(23(27)28)13-17(20-3-2-10-31-20)21(25)15(14)12-16(19)22(26)24-6-8-30-9-7-24;1-5(2,3)6-4/h2-3,10-15H,4-9H2,1H3,(H,27,28);6H,1-4H3. The molecule has 0 saturated carbocycles. The molecule has 200 valence electrons. The third kappa shape index (κ3) is 5.84. The molecule has 2 N–H and O–H groups in total. The summed E-state index contributed by atoms with van der Waals surface area (Å²) in [6.45, 7) is 9.20. The number of carbonyl (C=O) groups excluding carboxylic acids is 1. The zero-order valence-electron chi connectivity index (χ0n) is 22.2. The van der Waals surface area contributed by atoms with Gasteiger partial charge in [-0.2, -0.15) is 0 Å². The number of hydrogen-bond donors (Lipinski definition) is 2. The van der Waals surface area contributed by atoms with Crippen LogP contribution < -0.4 is 5.32 Å². The molecule has 0 bridgehead atoms. The van der Waals surface area contributed by atoms with Gasteiger partial charge in [0.1, 0.15) is 11.5 Å². The molecule has 4 heterocycles. The molecule has 1 aliphatic carbocycles. The van der Waals surface area contributed by atoms with Crippen molar-refractivity contribution in [1.82, 2.24) is 14.8 Å². The van der Waals surface area contributed by atoms with Crippen LogP contribution in [0.15, 0.2) is 47.1 Å². The highest BCUT2D eigenvalue weighted by Crippen LogP contribution is 2.46. The number of carboxylic acid groups (broad SMARTS) is 1. The number of morpholine rings is 1. The topological polar surface area (TPSA) is 93.0 Å². The summed E-state index contributed by atoms with van der Waals surface area (Å²) in [6, 6.07) is 5.76. The third-order valence-electron chi connectivity index (χ3n) is 7.08. The number of methoxy groups -OCH3 is 1. The van der Waals surface area contributed by atoms with Gasteiger partial charge in [0, 0.05) is 47.2 Å². The SMILES string of the molecule is CNC(C)(C)C.COC1=CC2CCn3c(C(=O)O)cc(-c4cccs4)c3C2C=C1C(=O)N1CCOCC1. The van der Waals surface area contributed by atoms with Crippen molar-refractivity contribution >= 4 is 23.2 Å². The molecule has 0 spiro atoms. The number of nitrogens with one attached hydrogen (secondary N) is 1. The summed E-state index contributed by atoms with van der Waals surface area (Å²) >= 11 is 1.59. The van der Waals surface area contributed by atoms with Gasteiger partial charge in [0.2, 0.25) is 0 Å².